The molecule has 0 aliphatic carbocycles. The summed E-state index contributed by atoms with van der Waals surface area (Å²) in [5.41, 5.74) is -1.43. The zero-order valence-electron chi connectivity index (χ0n) is 12.1. The van der Waals surface area contributed by atoms with Gasteiger partial charge in [0.2, 0.25) is 0 Å². The van der Waals surface area contributed by atoms with Crippen LogP contribution in [0.5, 0.6) is 0 Å². The number of hydrogen-bond donors (Lipinski definition) is 1. The normalized spacial score (nSPS) is 12.9. The van der Waals surface area contributed by atoms with Crippen molar-refractivity contribution in [1.82, 2.24) is 0 Å². The lowest BCUT2D eigenvalue weighted by Crippen LogP contribution is -2.25. The third-order valence-electron chi connectivity index (χ3n) is 3.01. The highest BCUT2D eigenvalue weighted by atomic mass is 35.5. The number of benzene rings is 1. The van der Waals surface area contributed by atoms with Gasteiger partial charge in [0.15, 0.2) is 0 Å². The summed E-state index contributed by atoms with van der Waals surface area (Å²) in [6.45, 7) is 3.63. The number of anilines is 1. The molecule has 124 valence electrons. The summed E-state index contributed by atoms with van der Waals surface area (Å²) < 4.78 is 56.2. The van der Waals surface area contributed by atoms with Gasteiger partial charge in [0.1, 0.15) is 5.82 Å². The first kappa shape index (κ1) is 18.5. The fourth-order valence-corrected chi connectivity index (χ4v) is 2.06. The summed E-state index contributed by atoms with van der Waals surface area (Å²) in [7, 11) is 0. The number of carbonyl (C=O) groups is 1. The monoisotopic (exact) mass is 341 g/mol. The van der Waals surface area contributed by atoms with Crippen LogP contribution in [-0.2, 0) is 15.7 Å². The Labute approximate surface area is 130 Å². The van der Waals surface area contributed by atoms with Gasteiger partial charge in [-0.2, -0.15) is 13.2 Å². The molecule has 0 bridgehead atoms. The number of carbonyl (C=O) groups excluding carboxylic acids is 1. The van der Waals surface area contributed by atoms with E-state index in [-0.39, 0.29) is 18.8 Å². The average molecular weight is 342 g/mol. The summed E-state index contributed by atoms with van der Waals surface area (Å²) in [5.74, 6) is -2.13. The number of rotatable bonds is 6. The fraction of sp³-hybridized carbons (Fsp3) is 0.500. The summed E-state index contributed by atoms with van der Waals surface area (Å²) >= 11 is 5.69. The molecular formula is C14H16ClF4NO2. The van der Waals surface area contributed by atoms with Crippen molar-refractivity contribution in [3.63, 3.8) is 0 Å². The molecule has 0 aromatic heterocycles. The molecule has 1 rings (SSSR count). The van der Waals surface area contributed by atoms with E-state index in [1.54, 1.807) is 13.8 Å². The number of halogens is 5. The highest BCUT2D eigenvalue weighted by Gasteiger charge is 2.32. The van der Waals surface area contributed by atoms with Gasteiger partial charge in [0.05, 0.1) is 28.8 Å². The predicted molar refractivity (Wildman–Crippen MR) is 75.3 cm³/mol. The van der Waals surface area contributed by atoms with E-state index in [2.05, 4.69) is 5.32 Å². The SMILES string of the molecule is CCOC(=O)C(CC)CNc1c(F)cc(C(F)(F)F)cc1Cl. The van der Waals surface area contributed by atoms with Crippen LogP contribution in [0.3, 0.4) is 0 Å². The second-order valence-electron chi connectivity index (χ2n) is 4.55. The first-order valence-corrected chi connectivity index (χ1v) is 7.05. The van der Waals surface area contributed by atoms with Crippen LogP contribution in [0.1, 0.15) is 25.8 Å². The van der Waals surface area contributed by atoms with Crippen LogP contribution in [0.25, 0.3) is 0 Å². The topological polar surface area (TPSA) is 38.3 Å². The Morgan fingerprint density at radius 3 is 2.45 bits per heavy atom. The van der Waals surface area contributed by atoms with Crippen molar-refractivity contribution in [3.8, 4) is 0 Å². The predicted octanol–water partition coefficient (Wildman–Crippen LogP) is 4.50. The molecular weight excluding hydrogens is 326 g/mol. The number of esters is 1. The summed E-state index contributed by atoms with van der Waals surface area (Å²) in [4.78, 5) is 11.6. The third kappa shape index (κ3) is 4.76. The first-order chi connectivity index (χ1) is 10.2. The zero-order valence-corrected chi connectivity index (χ0v) is 12.8. The first-order valence-electron chi connectivity index (χ1n) is 6.67. The van der Waals surface area contributed by atoms with Gasteiger partial charge in [-0.1, -0.05) is 18.5 Å². The van der Waals surface area contributed by atoms with Crippen molar-refractivity contribution < 1.29 is 27.1 Å². The Kier molecular flexibility index (Phi) is 6.47. The lowest BCUT2D eigenvalue weighted by Gasteiger charge is -2.17. The lowest BCUT2D eigenvalue weighted by molar-refractivity contribution is -0.147. The van der Waals surface area contributed by atoms with Crippen LogP contribution in [0.15, 0.2) is 12.1 Å². The molecule has 0 radical (unpaired) electrons. The van der Waals surface area contributed by atoms with Crippen LogP contribution in [0.4, 0.5) is 23.2 Å². The molecule has 0 heterocycles. The lowest BCUT2D eigenvalue weighted by atomic mass is 10.1. The van der Waals surface area contributed by atoms with Crippen molar-refractivity contribution in [2.45, 2.75) is 26.4 Å². The Hall–Kier alpha value is -1.50. The summed E-state index contributed by atoms with van der Waals surface area (Å²) in [5, 5.41) is 2.18. The second kappa shape index (κ2) is 7.67. The summed E-state index contributed by atoms with van der Waals surface area (Å²) in [6.07, 6.45) is -4.24. The van der Waals surface area contributed by atoms with Gasteiger partial charge in [-0.25, -0.2) is 4.39 Å². The third-order valence-corrected chi connectivity index (χ3v) is 3.31. The van der Waals surface area contributed by atoms with Gasteiger partial charge in [0, 0.05) is 6.54 Å². The molecule has 0 amide bonds. The van der Waals surface area contributed by atoms with Gasteiger partial charge in [-0.15, -0.1) is 0 Å². The Balaban J connectivity index is 2.88. The largest absolute Gasteiger partial charge is 0.466 e. The van der Waals surface area contributed by atoms with Gasteiger partial charge in [0.25, 0.3) is 0 Å². The fourth-order valence-electron chi connectivity index (χ4n) is 1.79. The molecule has 8 heteroatoms. The van der Waals surface area contributed by atoms with Gasteiger partial charge in [-0.05, 0) is 25.5 Å². The standard InChI is InChI=1S/C14H16ClF4NO2/c1-3-8(13(21)22-4-2)7-20-12-10(15)5-9(6-11(12)16)14(17,18)19/h5-6,8,20H,3-4,7H2,1-2H3. The molecule has 0 spiro atoms. The minimum absolute atomic E-state index is 0.0112. The molecule has 1 aromatic carbocycles. The Morgan fingerprint density at radius 1 is 1.36 bits per heavy atom. The van der Waals surface area contributed by atoms with Gasteiger partial charge < -0.3 is 10.1 Å². The number of ether oxygens (including phenoxy) is 1. The van der Waals surface area contributed by atoms with E-state index in [0.717, 1.165) is 0 Å². The summed E-state index contributed by atoms with van der Waals surface area (Å²) in [6, 6.07) is 0.998. The molecule has 1 unspecified atom stereocenters. The van der Waals surface area contributed by atoms with Gasteiger partial charge in [-0.3, -0.25) is 4.79 Å². The van der Waals surface area contributed by atoms with Crippen molar-refractivity contribution in [2.24, 2.45) is 5.92 Å². The van der Waals surface area contributed by atoms with Crippen molar-refractivity contribution in [2.75, 3.05) is 18.5 Å². The van der Waals surface area contributed by atoms with Crippen molar-refractivity contribution in [3.05, 3.63) is 28.5 Å². The van der Waals surface area contributed by atoms with Crippen molar-refractivity contribution in [1.29, 1.82) is 0 Å². The molecule has 0 fully saturated rings. The van der Waals surface area contributed by atoms with E-state index in [4.69, 9.17) is 16.3 Å². The maximum absolute atomic E-state index is 13.8. The van der Waals surface area contributed by atoms with Crippen molar-refractivity contribution >= 4 is 23.3 Å². The minimum Gasteiger partial charge on any atom is -0.466 e. The zero-order chi connectivity index (χ0) is 16.9. The van der Waals surface area contributed by atoms with E-state index in [1.165, 1.54) is 0 Å². The van der Waals surface area contributed by atoms with Crippen LogP contribution in [0.2, 0.25) is 5.02 Å². The number of hydrogen-bond acceptors (Lipinski definition) is 3. The van der Waals surface area contributed by atoms with E-state index in [9.17, 15) is 22.4 Å². The van der Waals surface area contributed by atoms with E-state index >= 15 is 0 Å². The average Bonchev–Trinajstić information content (AvgIpc) is 2.41. The molecule has 1 N–H and O–H groups in total. The molecule has 1 atom stereocenters. The number of nitrogens with one attached hydrogen (secondary N) is 1. The Morgan fingerprint density at radius 2 is 2.00 bits per heavy atom. The molecule has 0 aliphatic heterocycles. The molecule has 0 saturated heterocycles. The second-order valence-corrected chi connectivity index (χ2v) is 4.96. The van der Waals surface area contributed by atoms with E-state index < -0.39 is 34.5 Å². The highest BCUT2D eigenvalue weighted by molar-refractivity contribution is 6.33. The minimum atomic E-state index is -4.68. The molecule has 1 aromatic rings. The maximum atomic E-state index is 13.8. The van der Waals surface area contributed by atoms with E-state index in [0.29, 0.717) is 18.6 Å². The molecule has 0 aliphatic rings. The smallest absolute Gasteiger partial charge is 0.416 e. The molecule has 0 saturated carbocycles. The van der Waals surface area contributed by atoms with Crippen LogP contribution in [0, 0.1) is 11.7 Å². The Bertz CT molecular complexity index is 511. The quantitative estimate of drug-likeness (QED) is 0.611. The number of alkyl halides is 3. The maximum Gasteiger partial charge on any atom is 0.416 e. The van der Waals surface area contributed by atoms with E-state index in [1.807, 2.05) is 0 Å². The van der Waals surface area contributed by atoms with Crippen LogP contribution < -0.4 is 5.32 Å². The molecule has 3 nitrogen and oxygen atoms in total. The molecule has 22 heavy (non-hydrogen) atoms. The highest BCUT2D eigenvalue weighted by Crippen LogP contribution is 2.35. The van der Waals surface area contributed by atoms with Crippen LogP contribution >= 0.6 is 11.6 Å². The van der Waals surface area contributed by atoms with Crippen LogP contribution in [-0.4, -0.2) is 19.1 Å². The van der Waals surface area contributed by atoms with Gasteiger partial charge >= 0.3 is 12.1 Å².